The first-order chi connectivity index (χ1) is 6.68. The van der Waals surface area contributed by atoms with E-state index < -0.39 is 0 Å². The normalized spacial score (nSPS) is 15.6. The molecule has 2 rings (SSSR count). The molecule has 0 aliphatic heterocycles. The molecular formula is C9H13ClN4. The number of hydrogen-bond donors (Lipinski definition) is 1. The highest BCUT2D eigenvalue weighted by Crippen LogP contribution is 2.33. The van der Waals surface area contributed by atoms with E-state index in [-0.39, 0.29) is 0 Å². The van der Waals surface area contributed by atoms with Gasteiger partial charge < -0.3 is 10.6 Å². The van der Waals surface area contributed by atoms with E-state index in [1.807, 2.05) is 11.9 Å². The first-order valence-electron chi connectivity index (χ1n) is 4.66. The summed E-state index contributed by atoms with van der Waals surface area (Å²) in [6.45, 7) is 0.984. The molecule has 76 valence electrons. The zero-order valence-corrected chi connectivity index (χ0v) is 8.83. The van der Waals surface area contributed by atoms with Crippen molar-refractivity contribution in [3.63, 3.8) is 0 Å². The average molecular weight is 213 g/mol. The minimum absolute atomic E-state index is 0.485. The maximum atomic E-state index is 6.02. The molecule has 1 saturated carbocycles. The topological polar surface area (TPSA) is 55.0 Å². The Morgan fingerprint density at radius 2 is 2.36 bits per heavy atom. The number of nitrogens with two attached hydrogens (primary N) is 1. The van der Waals surface area contributed by atoms with Gasteiger partial charge in [0.15, 0.2) is 5.82 Å². The summed E-state index contributed by atoms with van der Waals surface area (Å²) in [4.78, 5) is 2.02. The van der Waals surface area contributed by atoms with Crippen LogP contribution in [0.4, 0.5) is 11.5 Å². The summed E-state index contributed by atoms with van der Waals surface area (Å²) in [5, 5.41) is 8.28. The van der Waals surface area contributed by atoms with Crippen molar-refractivity contribution < 1.29 is 0 Å². The number of nitrogens with zero attached hydrogens (tertiary/aromatic N) is 3. The second kappa shape index (κ2) is 3.61. The van der Waals surface area contributed by atoms with Gasteiger partial charge in [0.2, 0.25) is 0 Å². The van der Waals surface area contributed by atoms with Crippen LogP contribution in [0.25, 0.3) is 0 Å². The second-order valence-corrected chi connectivity index (χ2v) is 4.14. The van der Waals surface area contributed by atoms with Crippen LogP contribution in [0, 0.1) is 5.92 Å². The van der Waals surface area contributed by atoms with Crippen LogP contribution in [0.2, 0.25) is 5.02 Å². The summed E-state index contributed by atoms with van der Waals surface area (Å²) in [6, 6.07) is 0. The van der Waals surface area contributed by atoms with Crippen LogP contribution in [-0.2, 0) is 0 Å². The highest BCUT2D eigenvalue weighted by molar-refractivity contribution is 6.35. The SMILES string of the molecule is CN(CC1CC1)c1nncc(N)c1Cl. The van der Waals surface area contributed by atoms with E-state index >= 15 is 0 Å². The van der Waals surface area contributed by atoms with Gasteiger partial charge in [0, 0.05) is 13.6 Å². The quantitative estimate of drug-likeness (QED) is 0.826. The third-order valence-electron chi connectivity index (χ3n) is 2.39. The Morgan fingerprint density at radius 3 is 3.00 bits per heavy atom. The Bertz CT molecular complexity index is 338. The van der Waals surface area contributed by atoms with E-state index in [1.54, 1.807) is 0 Å². The average Bonchev–Trinajstić information content (AvgIpc) is 2.93. The fourth-order valence-corrected chi connectivity index (χ4v) is 1.62. The number of halogens is 1. The Morgan fingerprint density at radius 1 is 1.64 bits per heavy atom. The van der Waals surface area contributed by atoms with Crippen molar-refractivity contribution >= 4 is 23.1 Å². The molecule has 0 bridgehead atoms. The van der Waals surface area contributed by atoms with E-state index in [0.717, 1.165) is 12.5 Å². The Kier molecular flexibility index (Phi) is 2.46. The van der Waals surface area contributed by atoms with Gasteiger partial charge in [0.25, 0.3) is 0 Å². The molecule has 0 amide bonds. The number of anilines is 2. The molecule has 0 aromatic carbocycles. The second-order valence-electron chi connectivity index (χ2n) is 3.76. The molecule has 1 fully saturated rings. The molecule has 0 atom stereocenters. The molecule has 0 spiro atoms. The summed E-state index contributed by atoms with van der Waals surface area (Å²) in [5.74, 6) is 1.47. The van der Waals surface area contributed by atoms with Crippen LogP contribution >= 0.6 is 11.6 Å². The lowest BCUT2D eigenvalue weighted by Crippen LogP contribution is -2.22. The van der Waals surface area contributed by atoms with Gasteiger partial charge in [-0.1, -0.05) is 11.6 Å². The summed E-state index contributed by atoms with van der Waals surface area (Å²) < 4.78 is 0. The molecule has 1 aromatic rings. The smallest absolute Gasteiger partial charge is 0.171 e. The molecule has 1 aliphatic carbocycles. The Labute approximate surface area is 88.1 Å². The van der Waals surface area contributed by atoms with Gasteiger partial charge in [0.05, 0.1) is 11.9 Å². The third-order valence-corrected chi connectivity index (χ3v) is 2.78. The molecule has 1 aliphatic rings. The summed E-state index contributed by atoms with van der Waals surface area (Å²) >= 11 is 6.02. The van der Waals surface area contributed by atoms with Crippen molar-refractivity contribution in [2.24, 2.45) is 5.92 Å². The summed E-state index contributed by atoms with van der Waals surface area (Å²) in [6.07, 6.45) is 4.08. The van der Waals surface area contributed by atoms with E-state index in [2.05, 4.69) is 10.2 Å². The van der Waals surface area contributed by atoms with Crippen molar-refractivity contribution in [3.05, 3.63) is 11.2 Å². The molecular weight excluding hydrogens is 200 g/mol. The lowest BCUT2D eigenvalue weighted by atomic mass is 10.3. The van der Waals surface area contributed by atoms with E-state index in [9.17, 15) is 0 Å². The Balaban J connectivity index is 2.16. The van der Waals surface area contributed by atoms with Gasteiger partial charge in [-0.3, -0.25) is 0 Å². The number of aromatic nitrogens is 2. The van der Waals surface area contributed by atoms with E-state index in [1.165, 1.54) is 19.0 Å². The molecule has 14 heavy (non-hydrogen) atoms. The van der Waals surface area contributed by atoms with Crippen LogP contribution < -0.4 is 10.6 Å². The fraction of sp³-hybridized carbons (Fsp3) is 0.556. The first kappa shape index (κ1) is 9.52. The lowest BCUT2D eigenvalue weighted by Gasteiger charge is -2.18. The summed E-state index contributed by atoms with van der Waals surface area (Å²) in [7, 11) is 1.97. The van der Waals surface area contributed by atoms with Crippen LogP contribution in [-0.4, -0.2) is 23.8 Å². The maximum absolute atomic E-state index is 6.02. The Hall–Kier alpha value is -1.03. The zero-order valence-electron chi connectivity index (χ0n) is 8.07. The van der Waals surface area contributed by atoms with Gasteiger partial charge in [-0.15, -0.1) is 5.10 Å². The van der Waals surface area contributed by atoms with E-state index in [0.29, 0.717) is 16.5 Å². The van der Waals surface area contributed by atoms with Crippen molar-refractivity contribution in [1.29, 1.82) is 0 Å². The number of nitrogen functional groups attached to an aromatic ring is 1. The summed E-state index contributed by atoms with van der Waals surface area (Å²) in [5.41, 5.74) is 6.13. The molecule has 0 radical (unpaired) electrons. The van der Waals surface area contributed by atoms with Crippen molar-refractivity contribution in [2.75, 3.05) is 24.2 Å². The molecule has 1 aromatic heterocycles. The van der Waals surface area contributed by atoms with Gasteiger partial charge in [0.1, 0.15) is 5.02 Å². The van der Waals surface area contributed by atoms with Crippen LogP contribution in [0.5, 0.6) is 0 Å². The standard InChI is InChI=1S/C9H13ClN4/c1-14(5-6-2-3-6)9-8(10)7(11)4-12-13-9/h4,6H,2-3,5H2,1H3,(H2,11,13). The third kappa shape index (κ3) is 1.90. The van der Waals surface area contributed by atoms with Gasteiger partial charge in [-0.25, -0.2) is 0 Å². The van der Waals surface area contributed by atoms with Gasteiger partial charge in [-0.05, 0) is 18.8 Å². The maximum Gasteiger partial charge on any atom is 0.171 e. The largest absolute Gasteiger partial charge is 0.396 e. The first-order valence-corrected chi connectivity index (χ1v) is 5.04. The highest BCUT2D eigenvalue weighted by atomic mass is 35.5. The van der Waals surface area contributed by atoms with E-state index in [4.69, 9.17) is 17.3 Å². The van der Waals surface area contributed by atoms with Crippen molar-refractivity contribution in [1.82, 2.24) is 10.2 Å². The zero-order chi connectivity index (χ0) is 10.1. The molecule has 0 unspecified atom stereocenters. The van der Waals surface area contributed by atoms with Crippen LogP contribution in [0.1, 0.15) is 12.8 Å². The minimum Gasteiger partial charge on any atom is -0.396 e. The minimum atomic E-state index is 0.485. The molecule has 2 N–H and O–H groups in total. The molecule has 4 nitrogen and oxygen atoms in total. The number of hydrogen-bond acceptors (Lipinski definition) is 4. The lowest BCUT2D eigenvalue weighted by molar-refractivity contribution is 0.768. The fourth-order valence-electron chi connectivity index (χ4n) is 1.39. The highest BCUT2D eigenvalue weighted by Gasteiger charge is 2.24. The van der Waals surface area contributed by atoms with Crippen LogP contribution in [0.3, 0.4) is 0 Å². The predicted octanol–water partition coefficient (Wildman–Crippen LogP) is 1.56. The molecule has 1 heterocycles. The van der Waals surface area contributed by atoms with Gasteiger partial charge in [-0.2, -0.15) is 5.10 Å². The monoisotopic (exact) mass is 212 g/mol. The van der Waals surface area contributed by atoms with Crippen molar-refractivity contribution in [2.45, 2.75) is 12.8 Å². The van der Waals surface area contributed by atoms with Crippen LogP contribution in [0.15, 0.2) is 6.20 Å². The molecule has 5 heteroatoms. The number of rotatable bonds is 3. The predicted molar refractivity (Wildman–Crippen MR) is 57.4 cm³/mol. The van der Waals surface area contributed by atoms with Crippen molar-refractivity contribution in [3.8, 4) is 0 Å². The van der Waals surface area contributed by atoms with Gasteiger partial charge >= 0.3 is 0 Å². The molecule has 0 saturated heterocycles.